The first-order valence-electron chi connectivity index (χ1n) is 11.8. The molecule has 3 saturated carbocycles. The highest BCUT2D eigenvalue weighted by molar-refractivity contribution is 4.89. The van der Waals surface area contributed by atoms with Crippen LogP contribution in [0.4, 0.5) is 0 Å². The molecule has 0 amide bonds. The Morgan fingerprint density at radius 2 is 1.36 bits per heavy atom. The van der Waals surface area contributed by atoms with Crippen molar-refractivity contribution in [1.82, 2.24) is 0 Å². The molecule has 25 heavy (non-hydrogen) atoms. The maximum absolute atomic E-state index is 2.61. The van der Waals surface area contributed by atoms with Gasteiger partial charge in [0, 0.05) is 0 Å². The molecule has 0 N–H and O–H groups in total. The van der Waals surface area contributed by atoms with E-state index in [4.69, 9.17) is 0 Å². The summed E-state index contributed by atoms with van der Waals surface area (Å²) in [5, 5.41) is 0. The Bertz CT molecular complexity index is 392. The lowest BCUT2D eigenvalue weighted by Crippen LogP contribution is -2.34. The molecule has 0 heteroatoms. The fraction of sp³-hybridized carbons (Fsp3) is 0.920. The van der Waals surface area contributed by atoms with E-state index in [0.717, 1.165) is 41.4 Å². The van der Waals surface area contributed by atoms with Crippen LogP contribution in [0.15, 0.2) is 12.2 Å². The normalized spacial score (nSPS) is 43.4. The maximum Gasteiger partial charge on any atom is -0.0348 e. The van der Waals surface area contributed by atoms with Gasteiger partial charge in [-0.3, -0.25) is 0 Å². The predicted molar refractivity (Wildman–Crippen MR) is 111 cm³/mol. The van der Waals surface area contributed by atoms with Crippen LogP contribution in [0.5, 0.6) is 0 Å². The summed E-state index contributed by atoms with van der Waals surface area (Å²) in [6.07, 6.45) is 24.3. The first kappa shape index (κ1) is 19.5. The highest BCUT2D eigenvalue weighted by atomic mass is 14.4. The molecule has 0 radical (unpaired) electrons. The molecule has 3 aliphatic carbocycles. The molecule has 0 aromatic rings. The summed E-state index contributed by atoms with van der Waals surface area (Å²) in [7, 11) is 0. The minimum absolute atomic E-state index is 1.00. The summed E-state index contributed by atoms with van der Waals surface area (Å²) in [6, 6.07) is 0. The van der Waals surface area contributed by atoms with Gasteiger partial charge in [-0.2, -0.15) is 0 Å². The lowest BCUT2D eigenvalue weighted by Gasteiger charge is -2.44. The molecule has 0 aromatic heterocycles. The van der Waals surface area contributed by atoms with Gasteiger partial charge in [-0.05, 0) is 106 Å². The van der Waals surface area contributed by atoms with Crippen LogP contribution in [0.25, 0.3) is 0 Å². The summed E-state index contributed by atoms with van der Waals surface area (Å²) in [6.45, 7) is 7.23. The Morgan fingerprint density at radius 3 is 2.00 bits per heavy atom. The van der Waals surface area contributed by atoms with Crippen LogP contribution in [0.2, 0.25) is 0 Å². The smallest absolute Gasteiger partial charge is 0.0348 e. The molecule has 0 aromatic carbocycles. The first-order valence-corrected chi connectivity index (χ1v) is 11.8. The minimum atomic E-state index is 1.00. The molecule has 3 atom stereocenters. The highest BCUT2D eigenvalue weighted by Gasteiger charge is 2.37. The molecule has 0 bridgehead atoms. The van der Waals surface area contributed by atoms with Gasteiger partial charge < -0.3 is 0 Å². The first-order chi connectivity index (χ1) is 12.2. The third-order valence-corrected chi connectivity index (χ3v) is 8.48. The van der Waals surface area contributed by atoms with E-state index in [9.17, 15) is 0 Å². The lowest BCUT2D eigenvalue weighted by molar-refractivity contribution is 0.0636. The second kappa shape index (κ2) is 9.61. The van der Waals surface area contributed by atoms with Crippen LogP contribution >= 0.6 is 0 Å². The zero-order chi connectivity index (χ0) is 17.6. The van der Waals surface area contributed by atoms with Crippen molar-refractivity contribution in [1.29, 1.82) is 0 Å². The van der Waals surface area contributed by atoms with Crippen LogP contribution < -0.4 is 0 Å². The van der Waals surface area contributed by atoms with E-state index in [-0.39, 0.29) is 0 Å². The molecule has 3 aliphatic rings. The van der Waals surface area contributed by atoms with Crippen molar-refractivity contribution >= 4 is 0 Å². The summed E-state index contributed by atoms with van der Waals surface area (Å²) >= 11 is 0. The van der Waals surface area contributed by atoms with Crippen molar-refractivity contribution in [3.63, 3.8) is 0 Å². The molecule has 3 rings (SSSR count). The van der Waals surface area contributed by atoms with E-state index < -0.39 is 0 Å². The molecule has 3 unspecified atom stereocenters. The summed E-state index contributed by atoms with van der Waals surface area (Å²) < 4.78 is 0. The van der Waals surface area contributed by atoms with Crippen molar-refractivity contribution in [2.45, 2.75) is 104 Å². The van der Waals surface area contributed by atoms with Gasteiger partial charge in [0.1, 0.15) is 0 Å². The summed E-state index contributed by atoms with van der Waals surface area (Å²) in [4.78, 5) is 0. The fourth-order valence-corrected chi connectivity index (χ4v) is 6.75. The number of allylic oxidation sites excluding steroid dienone is 2. The molecule has 0 saturated heterocycles. The third kappa shape index (κ3) is 5.36. The average molecular weight is 345 g/mol. The summed E-state index contributed by atoms with van der Waals surface area (Å²) in [5.74, 6) is 7.34. The monoisotopic (exact) mass is 344 g/mol. The fourth-order valence-electron chi connectivity index (χ4n) is 6.75. The SMILES string of the molecule is C/C=C/CCC1CCC(C2CCC(C3CCC(C)CC3)CC2C)CC1. The lowest BCUT2D eigenvalue weighted by atomic mass is 9.61. The second-order valence-electron chi connectivity index (χ2n) is 10.2. The second-order valence-corrected chi connectivity index (χ2v) is 10.2. The number of hydrogen-bond acceptors (Lipinski definition) is 0. The Labute approximate surface area is 158 Å². The maximum atomic E-state index is 2.61. The van der Waals surface area contributed by atoms with Gasteiger partial charge in [0.05, 0.1) is 0 Å². The van der Waals surface area contributed by atoms with Gasteiger partial charge in [0.25, 0.3) is 0 Å². The number of hydrogen-bond donors (Lipinski definition) is 0. The average Bonchev–Trinajstić information content (AvgIpc) is 2.63. The highest BCUT2D eigenvalue weighted by Crippen LogP contribution is 2.48. The minimum Gasteiger partial charge on any atom is -0.0917 e. The Kier molecular flexibility index (Phi) is 7.50. The van der Waals surface area contributed by atoms with E-state index in [1.165, 1.54) is 38.5 Å². The van der Waals surface area contributed by atoms with Crippen LogP contribution in [0.3, 0.4) is 0 Å². The number of rotatable bonds is 5. The van der Waals surface area contributed by atoms with E-state index in [1.807, 2.05) is 0 Å². The molecule has 0 heterocycles. The standard InChI is InChI=1S/C25H44/c1-4-5-6-7-21-10-14-23(15-11-21)25-17-16-24(18-20(25)3)22-12-8-19(2)9-13-22/h4-5,19-25H,6-18H2,1-3H3/b5-4+. The molecule has 0 spiro atoms. The molecular formula is C25H44. The quantitative estimate of drug-likeness (QED) is 0.443. The van der Waals surface area contributed by atoms with Crippen molar-refractivity contribution < 1.29 is 0 Å². The van der Waals surface area contributed by atoms with Crippen LogP contribution in [0, 0.1) is 41.4 Å². The van der Waals surface area contributed by atoms with E-state index >= 15 is 0 Å². The zero-order valence-electron chi connectivity index (χ0n) is 17.4. The third-order valence-electron chi connectivity index (χ3n) is 8.48. The zero-order valence-corrected chi connectivity index (χ0v) is 17.4. The molecule has 0 aliphatic heterocycles. The Morgan fingerprint density at radius 1 is 0.720 bits per heavy atom. The van der Waals surface area contributed by atoms with Crippen molar-refractivity contribution in [3.05, 3.63) is 12.2 Å². The largest absolute Gasteiger partial charge is 0.0917 e. The van der Waals surface area contributed by atoms with Crippen molar-refractivity contribution in [3.8, 4) is 0 Å². The van der Waals surface area contributed by atoms with Gasteiger partial charge in [-0.15, -0.1) is 0 Å². The summed E-state index contributed by atoms with van der Waals surface area (Å²) in [5.41, 5.74) is 0. The van der Waals surface area contributed by atoms with Crippen LogP contribution in [0.1, 0.15) is 104 Å². The van der Waals surface area contributed by atoms with Gasteiger partial charge in [-0.1, -0.05) is 51.7 Å². The predicted octanol–water partition coefficient (Wildman–Crippen LogP) is 8.03. The molecule has 0 nitrogen and oxygen atoms in total. The van der Waals surface area contributed by atoms with Gasteiger partial charge in [-0.25, -0.2) is 0 Å². The van der Waals surface area contributed by atoms with Crippen LogP contribution in [-0.2, 0) is 0 Å². The van der Waals surface area contributed by atoms with E-state index in [1.54, 1.807) is 44.9 Å². The topological polar surface area (TPSA) is 0 Å². The van der Waals surface area contributed by atoms with Crippen molar-refractivity contribution in [2.24, 2.45) is 41.4 Å². The Hall–Kier alpha value is -0.260. The van der Waals surface area contributed by atoms with Crippen molar-refractivity contribution in [2.75, 3.05) is 0 Å². The van der Waals surface area contributed by atoms with E-state index in [0.29, 0.717) is 0 Å². The van der Waals surface area contributed by atoms with Gasteiger partial charge in [0.15, 0.2) is 0 Å². The van der Waals surface area contributed by atoms with E-state index in [2.05, 4.69) is 32.9 Å². The van der Waals surface area contributed by atoms with Gasteiger partial charge in [0.2, 0.25) is 0 Å². The Balaban J connectivity index is 1.41. The van der Waals surface area contributed by atoms with Crippen LogP contribution in [-0.4, -0.2) is 0 Å². The van der Waals surface area contributed by atoms with Gasteiger partial charge >= 0.3 is 0 Å². The molecule has 144 valence electrons. The molecular weight excluding hydrogens is 300 g/mol. The molecule has 3 fully saturated rings.